The summed E-state index contributed by atoms with van der Waals surface area (Å²) in [4.78, 5) is 24.1. The normalized spacial score (nSPS) is 11.2. The maximum atomic E-state index is 12.7. The fraction of sp³-hybridized carbons (Fsp3) is 0.267. The number of rotatable bonds is 4. The highest BCUT2D eigenvalue weighted by atomic mass is 19.4. The largest absolute Gasteiger partial charge is 0.416 e. The van der Waals surface area contributed by atoms with Crippen LogP contribution in [0.3, 0.4) is 0 Å². The smallest absolute Gasteiger partial charge is 0.337 e. The van der Waals surface area contributed by atoms with Crippen LogP contribution in [0.1, 0.15) is 12.5 Å². The van der Waals surface area contributed by atoms with E-state index in [0.717, 1.165) is 12.1 Å². The lowest BCUT2D eigenvalue weighted by Gasteiger charge is -2.13. The molecule has 0 saturated carbocycles. The van der Waals surface area contributed by atoms with Gasteiger partial charge in [0.2, 0.25) is 11.8 Å². The molecular weight excluding hydrogens is 325 g/mol. The molecule has 0 atom stereocenters. The van der Waals surface area contributed by atoms with Crippen molar-refractivity contribution in [3.63, 3.8) is 0 Å². The Bertz CT molecular complexity index is 755. The number of alkyl halides is 3. The molecule has 1 heterocycles. The van der Waals surface area contributed by atoms with E-state index in [9.17, 15) is 22.8 Å². The summed E-state index contributed by atoms with van der Waals surface area (Å²) in [7, 11) is 1.48. The number of likely N-dealkylation sites (N-methyl/N-ethyl adjacent to an activating group) is 1. The molecule has 2 amide bonds. The second-order valence-corrected chi connectivity index (χ2v) is 5.14. The number of nitrogens with one attached hydrogen (secondary N) is 1. The van der Waals surface area contributed by atoms with Crippen molar-refractivity contribution in [1.29, 1.82) is 0 Å². The molecule has 0 radical (unpaired) electrons. The van der Waals surface area contributed by atoms with Gasteiger partial charge in [0.15, 0.2) is 0 Å². The van der Waals surface area contributed by atoms with Gasteiger partial charge in [-0.05, 0) is 18.2 Å². The first kappa shape index (κ1) is 17.5. The van der Waals surface area contributed by atoms with Crippen LogP contribution in [0.25, 0.3) is 5.69 Å². The Balaban J connectivity index is 2.11. The zero-order chi connectivity index (χ0) is 17.9. The number of carbonyl (C=O) groups is 2. The Morgan fingerprint density at radius 1 is 1.33 bits per heavy atom. The molecule has 2 aromatic rings. The molecule has 0 aliphatic carbocycles. The van der Waals surface area contributed by atoms with Crippen molar-refractivity contribution in [3.8, 4) is 5.69 Å². The van der Waals surface area contributed by atoms with Crippen molar-refractivity contribution in [1.82, 2.24) is 14.7 Å². The minimum absolute atomic E-state index is 0.135. The topological polar surface area (TPSA) is 67.2 Å². The molecule has 2 rings (SSSR count). The van der Waals surface area contributed by atoms with Crippen molar-refractivity contribution in [2.45, 2.75) is 13.1 Å². The van der Waals surface area contributed by atoms with Gasteiger partial charge < -0.3 is 10.2 Å². The van der Waals surface area contributed by atoms with Crippen LogP contribution in [0.2, 0.25) is 0 Å². The van der Waals surface area contributed by atoms with Crippen LogP contribution >= 0.6 is 0 Å². The van der Waals surface area contributed by atoms with Crippen LogP contribution < -0.4 is 5.32 Å². The van der Waals surface area contributed by atoms with E-state index in [-0.39, 0.29) is 18.1 Å². The van der Waals surface area contributed by atoms with Gasteiger partial charge in [0.1, 0.15) is 0 Å². The van der Waals surface area contributed by atoms with Gasteiger partial charge in [-0.2, -0.15) is 18.3 Å². The van der Waals surface area contributed by atoms with Gasteiger partial charge in [-0.3, -0.25) is 9.59 Å². The molecule has 1 aromatic carbocycles. The van der Waals surface area contributed by atoms with E-state index in [4.69, 9.17) is 0 Å². The molecule has 24 heavy (non-hydrogen) atoms. The quantitative estimate of drug-likeness (QED) is 0.929. The van der Waals surface area contributed by atoms with Gasteiger partial charge in [0.05, 0.1) is 35.9 Å². The highest BCUT2D eigenvalue weighted by Gasteiger charge is 2.30. The van der Waals surface area contributed by atoms with E-state index < -0.39 is 17.6 Å². The average molecular weight is 340 g/mol. The maximum Gasteiger partial charge on any atom is 0.416 e. The third-order valence-electron chi connectivity index (χ3n) is 3.22. The van der Waals surface area contributed by atoms with Crippen molar-refractivity contribution in [2.75, 3.05) is 18.9 Å². The highest BCUT2D eigenvalue weighted by Crippen LogP contribution is 2.30. The summed E-state index contributed by atoms with van der Waals surface area (Å²) in [6, 6.07) is 4.67. The molecule has 0 aliphatic rings. The molecular formula is C15H15F3N4O2. The average Bonchev–Trinajstić information content (AvgIpc) is 2.94. The summed E-state index contributed by atoms with van der Waals surface area (Å²) < 4.78 is 39.4. The monoisotopic (exact) mass is 340 g/mol. The lowest BCUT2D eigenvalue weighted by molar-refractivity contribution is -0.137. The van der Waals surface area contributed by atoms with Gasteiger partial charge in [0.25, 0.3) is 0 Å². The van der Waals surface area contributed by atoms with E-state index >= 15 is 0 Å². The molecule has 0 fully saturated rings. The number of anilines is 1. The summed E-state index contributed by atoms with van der Waals surface area (Å²) >= 11 is 0. The first-order chi connectivity index (χ1) is 11.2. The molecule has 6 nitrogen and oxygen atoms in total. The summed E-state index contributed by atoms with van der Waals surface area (Å²) in [6.45, 7) is 1.20. The fourth-order valence-electron chi connectivity index (χ4n) is 1.88. The van der Waals surface area contributed by atoms with Gasteiger partial charge in [-0.15, -0.1) is 0 Å². The highest BCUT2D eigenvalue weighted by molar-refractivity contribution is 5.94. The Morgan fingerprint density at radius 2 is 2.04 bits per heavy atom. The number of aromatic nitrogens is 2. The first-order valence-corrected chi connectivity index (χ1v) is 6.90. The van der Waals surface area contributed by atoms with Crippen LogP contribution in [0.4, 0.5) is 18.9 Å². The zero-order valence-electron chi connectivity index (χ0n) is 13.0. The maximum absolute atomic E-state index is 12.7. The number of benzene rings is 1. The third-order valence-corrected chi connectivity index (χ3v) is 3.22. The SMILES string of the molecule is CC(=O)N(C)CC(=O)Nc1cnn(-c2cccc(C(F)(F)F)c2)c1. The van der Waals surface area contributed by atoms with Crippen molar-refractivity contribution >= 4 is 17.5 Å². The van der Waals surface area contributed by atoms with Gasteiger partial charge in [0, 0.05) is 14.0 Å². The number of hydrogen-bond acceptors (Lipinski definition) is 3. The Hall–Kier alpha value is -2.84. The summed E-state index contributed by atoms with van der Waals surface area (Å²) in [5, 5.41) is 6.46. The Kier molecular flexibility index (Phi) is 4.91. The molecule has 128 valence electrons. The number of amides is 2. The van der Waals surface area contributed by atoms with E-state index in [2.05, 4.69) is 10.4 Å². The lowest BCUT2D eigenvalue weighted by Crippen LogP contribution is -2.33. The molecule has 0 bridgehead atoms. The number of hydrogen-bond donors (Lipinski definition) is 1. The van der Waals surface area contributed by atoms with Crippen LogP contribution in [0.5, 0.6) is 0 Å². The minimum atomic E-state index is -4.45. The molecule has 0 spiro atoms. The van der Waals surface area contributed by atoms with Crippen molar-refractivity contribution in [3.05, 3.63) is 42.2 Å². The molecule has 0 saturated heterocycles. The molecule has 1 aromatic heterocycles. The predicted octanol–water partition coefficient (Wildman–Crippen LogP) is 2.31. The van der Waals surface area contributed by atoms with Crippen LogP contribution in [-0.2, 0) is 15.8 Å². The van der Waals surface area contributed by atoms with E-state index in [1.165, 1.54) is 48.1 Å². The van der Waals surface area contributed by atoms with Gasteiger partial charge in [-0.25, -0.2) is 4.68 Å². The lowest BCUT2D eigenvalue weighted by atomic mass is 10.2. The molecule has 9 heteroatoms. The number of halogens is 3. The molecule has 0 aliphatic heterocycles. The number of carbonyl (C=O) groups excluding carboxylic acids is 2. The van der Waals surface area contributed by atoms with Crippen LogP contribution in [-0.4, -0.2) is 40.1 Å². The zero-order valence-corrected chi connectivity index (χ0v) is 13.0. The van der Waals surface area contributed by atoms with E-state index in [1.807, 2.05) is 0 Å². The standard InChI is InChI=1S/C15H15F3N4O2/c1-10(23)21(2)9-14(24)20-12-7-19-22(8-12)13-5-3-4-11(6-13)15(16,17)18/h3-8H,9H2,1-2H3,(H,20,24). The van der Waals surface area contributed by atoms with Crippen molar-refractivity contribution < 1.29 is 22.8 Å². The number of nitrogens with zero attached hydrogens (tertiary/aromatic N) is 3. The Morgan fingerprint density at radius 3 is 2.67 bits per heavy atom. The second-order valence-electron chi connectivity index (χ2n) is 5.14. The fourth-order valence-corrected chi connectivity index (χ4v) is 1.88. The van der Waals surface area contributed by atoms with E-state index in [1.54, 1.807) is 0 Å². The van der Waals surface area contributed by atoms with Gasteiger partial charge in [-0.1, -0.05) is 6.07 Å². The predicted molar refractivity (Wildman–Crippen MR) is 80.5 cm³/mol. The molecule has 1 N–H and O–H groups in total. The first-order valence-electron chi connectivity index (χ1n) is 6.90. The van der Waals surface area contributed by atoms with E-state index in [0.29, 0.717) is 5.69 Å². The summed E-state index contributed by atoms with van der Waals surface area (Å²) in [6.07, 6.45) is -1.75. The van der Waals surface area contributed by atoms with Crippen LogP contribution in [0, 0.1) is 0 Å². The van der Waals surface area contributed by atoms with Crippen molar-refractivity contribution in [2.24, 2.45) is 0 Å². The van der Waals surface area contributed by atoms with Gasteiger partial charge >= 0.3 is 6.18 Å². The van der Waals surface area contributed by atoms with Crippen LogP contribution in [0.15, 0.2) is 36.7 Å². The summed E-state index contributed by atoms with van der Waals surface area (Å²) in [5.41, 5.74) is -0.260. The third kappa shape index (κ3) is 4.34. The second kappa shape index (κ2) is 6.73. The Labute approximate surface area is 135 Å². The minimum Gasteiger partial charge on any atom is -0.337 e. The molecule has 0 unspecified atom stereocenters. The summed E-state index contributed by atoms with van der Waals surface area (Å²) in [5.74, 6) is -0.693.